The van der Waals surface area contributed by atoms with Crippen molar-refractivity contribution in [1.82, 2.24) is 25.1 Å². The van der Waals surface area contributed by atoms with Crippen molar-refractivity contribution < 1.29 is 9.59 Å². The molecule has 8 nitrogen and oxygen atoms in total. The van der Waals surface area contributed by atoms with Crippen molar-refractivity contribution in [3.05, 3.63) is 65.0 Å². The molecule has 0 aliphatic carbocycles. The van der Waals surface area contributed by atoms with Crippen LogP contribution in [0.15, 0.2) is 42.5 Å². The number of anilines is 1. The van der Waals surface area contributed by atoms with E-state index in [1.807, 2.05) is 44.2 Å². The van der Waals surface area contributed by atoms with Crippen molar-refractivity contribution >= 4 is 17.5 Å². The molecule has 0 radical (unpaired) electrons. The largest absolute Gasteiger partial charge is 0.345 e. The quantitative estimate of drug-likeness (QED) is 0.734. The number of aryl methyl sites for hydroxylation is 2. The lowest BCUT2D eigenvalue weighted by molar-refractivity contribution is -0.115. The molecule has 0 bridgehead atoms. The van der Waals surface area contributed by atoms with Crippen LogP contribution >= 0.6 is 0 Å². The Morgan fingerprint density at radius 1 is 1.07 bits per heavy atom. The number of benzene rings is 2. The van der Waals surface area contributed by atoms with Crippen LogP contribution in [0, 0.1) is 13.8 Å². The summed E-state index contributed by atoms with van der Waals surface area (Å²) in [6.45, 7) is 3.71. The van der Waals surface area contributed by atoms with Gasteiger partial charge in [0.25, 0.3) is 5.91 Å². The van der Waals surface area contributed by atoms with Crippen LogP contribution < -0.4 is 5.32 Å². The molecule has 2 amide bonds. The lowest BCUT2D eigenvalue weighted by Crippen LogP contribution is -2.22. The van der Waals surface area contributed by atoms with Crippen LogP contribution in [-0.4, -0.2) is 51.0 Å². The summed E-state index contributed by atoms with van der Waals surface area (Å²) in [4.78, 5) is 26.1. The minimum absolute atomic E-state index is 0.107. The number of tetrazole rings is 1. The van der Waals surface area contributed by atoms with E-state index in [0.29, 0.717) is 17.1 Å². The van der Waals surface area contributed by atoms with Gasteiger partial charge in [0.2, 0.25) is 5.91 Å². The molecular weight excluding hydrogens is 356 g/mol. The summed E-state index contributed by atoms with van der Waals surface area (Å²) in [5.41, 5.74) is 3.77. The van der Waals surface area contributed by atoms with Crippen molar-refractivity contribution in [2.45, 2.75) is 20.3 Å². The molecule has 0 atom stereocenters. The van der Waals surface area contributed by atoms with Crippen LogP contribution in [0.1, 0.15) is 27.3 Å². The van der Waals surface area contributed by atoms with E-state index in [0.717, 1.165) is 16.8 Å². The van der Waals surface area contributed by atoms with Gasteiger partial charge in [-0.2, -0.15) is 4.68 Å². The van der Waals surface area contributed by atoms with Crippen molar-refractivity contribution in [1.29, 1.82) is 0 Å². The van der Waals surface area contributed by atoms with Gasteiger partial charge in [0.15, 0.2) is 5.82 Å². The third-order valence-electron chi connectivity index (χ3n) is 4.34. The van der Waals surface area contributed by atoms with Crippen LogP contribution in [0.2, 0.25) is 0 Å². The molecule has 8 heteroatoms. The summed E-state index contributed by atoms with van der Waals surface area (Å²) in [6, 6.07) is 12.8. The van der Waals surface area contributed by atoms with E-state index in [2.05, 4.69) is 20.8 Å². The topological polar surface area (TPSA) is 93.0 Å². The molecule has 1 N–H and O–H groups in total. The van der Waals surface area contributed by atoms with Gasteiger partial charge in [0, 0.05) is 25.3 Å². The minimum Gasteiger partial charge on any atom is -0.345 e. The van der Waals surface area contributed by atoms with Crippen molar-refractivity contribution in [2.75, 3.05) is 19.4 Å². The number of hydrogen-bond acceptors (Lipinski definition) is 5. The summed E-state index contributed by atoms with van der Waals surface area (Å²) in [5, 5.41) is 14.3. The second-order valence-electron chi connectivity index (χ2n) is 6.76. The average molecular weight is 378 g/mol. The molecule has 28 heavy (non-hydrogen) atoms. The number of rotatable bonds is 5. The van der Waals surface area contributed by atoms with Crippen LogP contribution in [0.5, 0.6) is 0 Å². The van der Waals surface area contributed by atoms with Gasteiger partial charge in [-0.25, -0.2) is 0 Å². The molecule has 0 saturated carbocycles. The highest BCUT2D eigenvalue weighted by Gasteiger charge is 2.12. The highest BCUT2D eigenvalue weighted by Crippen LogP contribution is 2.18. The van der Waals surface area contributed by atoms with Gasteiger partial charge in [-0.15, -0.1) is 5.10 Å². The van der Waals surface area contributed by atoms with Gasteiger partial charge in [0.1, 0.15) is 0 Å². The summed E-state index contributed by atoms with van der Waals surface area (Å²) in [6.07, 6.45) is 0.222. The van der Waals surface area contributed by atoms with Gasteiger partial charge >= 0.3 is 0 Å². The molecule has 1 heterocycles. The number of carbonyl (C=O) groups excluding carboxylic acids is 2. The molecule has 0 saturated heterocycles. The van der Waals surface area contributed by atoms with Gasteiger partial charge in [-0.3, -0.25) is 9.59 Å². The molecule has 0 aliphatic rings. The molecular formula is C20H22N6O2. The highest BCUT2D eigenvalue weighted by molar-refractivity contribution is 5.98. The maximum atomic E-state index is 12.5. The van der Waals surface area contributed by atoms with Crippen molar-refractivity contribution in [2.24, 2.45) is 0 Å². The average Bonchev–Trinajstić information content (AvgIpc) is 3.09. The molecule has 144 valence electrons. The maximum Gasteiger partial charge on any atom is 0.253 e. The van der Waals surface area contributed by atoms with Crippen LogP contribution in [0.3, 0.4) is 0 Å². The highest BCUT2D eigenvalue weighted by atomic mass is 16.2. The van der Waals surface area contributed by atoms with Crippen molar-refractivity contribution in [3.63, 3.8) is 0 Å². The first-order chi connectivity index (χ1) is 13.3. The van der Waals surface area contributed by atoms with Crippen LogP contribution in [0.25, 0.3) is 5.69 Å². The third kappa shape index (κ3) is 4.22. The predicted octanol–water partition coefficient (Wildman–Crippen LogP) is 2.16. The lowest BCUT2D eigenvalue weighted by Gasteiger charge is -2.14. The lowest BCUT2D eigenvalue weighted by atomic mass is 10.1. The Bertz CT molecular complexity index is 1010. The number of amides is 2. The molecule has 0 fully saturated rings. The fraction of sp³-hybridized carbons (Fsp3) is 0.250. The van der Waals surface area contributed by atoms with E-state index in [1.54, 1.807) is 30.9 Å². The zero-order valence-electron chi connectivity index (χ0n) is 16.3. The first kappa shape index (κ1) is 19.2. The van der Waals surface area contributed by atoms with Crippen LogP contribution in [-0.2, 0) is 11.2 Å². The van der Waals surface area contributed by atoms with Crippen molar-refractivity contribution in [3.8, 4) is 5.69 Å². The van der Waals surface area contributed by atoms with Gasteiger partial charge in [-0.05, 0) is 59.7 Å². The van der Waals surface area contributed by atoms with Gasteiger partial charge < -0.3 is 10.2 Å². The maximum absolute atomic E-state index is 12.5. The molecule has 2 aromatic carbocycles. The molecule has 0 unspecified atom stereocenters. The smallest absolute Gasteiger partial charge is 0.253 e. The Labute approximate surface area is 163 Å². The van der Waals surface area contributed by atoms with E-state index < -0.39 is 0 Å². The molecule has 1 aromatic heterocycles. The van der Waals surface area contributed by atoms with Crippen LogP contribution in [0.4, 0.5) is 5.69 Å². The zero-order chi connectivity index (χ0) is 20.3. The van der Waals surface area contributed by atoms with E-state index in [-0.39, 0.29) is 18.2 Å². The standard InChI is InChI=1S/C20H22N6O2/c1-13-5-8-16(20(28)25(3)4)12-18(13)21-19(27)11-15-6-9-17(10-7-15)26-14(2)22-23-24-26/h5-10,12H,11H2,1-4H3,(H,21,27). The second-order valence-corrected chi connectivity index (χ2v) is 6.76. The molecule has 3 aromatic rings. The van der Waals surface area contributed by atoms with E-state index in [9.17, 15) is 9.59 Å². The Morgan fingerprint density at radius 2 is 1.79 bits per heavy atom. The fourth-order valence-corrected chi connectivity index (χ4v) is 2.75. The van der Waals surface area contributed by atoms with Gasteiger partial charge in [-0.1, -0.05) is 18.2 Å². The molecule has 3 rings (SSSR count). The number of carbonyl (C=O) groups is 2. The minimum atomic E-state index is -0.149. The molecule has 0 spiro atoms. The SMILES string of the molecule is Cc1ccc(C(=O)N(C)C)cc1NC(=O)Cc1ccc(-n2nnnc2C)cc1. The zero-order valence-corrected chi connectivity index (χ0v) is 16.3. The Kier molecular flexibility index (Phi) is 5.49. The summed E-state index contributed by atoms with van der Waals surface area (Å²) in [7, 11) is 3.39. The first-order valence-electron chi connectivity index (χ1n) is 8.81. The normalized spacial score (nSPS) is 10.6. The summed E-state index contributed by atoms with van der Waals surface area (Å²) < 4.78 is 1.63. The Morgan fingerprint density at radius 3 is 2.39 bits per heavy atom. The van der Waals surface area contributed by atoms with E-state index >= 15 is 0 Å². The second kappa shape index (κ2) is 7.99. The third-order valence-corrected chi connectivity index (χ3v) is 4.34. The summed E-state index contributed by atoms with van der Waals surface area (Å²) >= 11 is 0. The predicted molar refractivity (Wildman–Crippen MR) is 105 cm³/mol. The number of nitrogens with one attached hydrogen (secondary N) is 1. The summed E-state index contributed by atoms with van der Waals surface area (Å²) in [5.74, 6) is 0.431. The van der Waals surface area contributed by atoms with E-state index in [1.165, 1.54) is 4.90 Å². The Balaban J connectivity index is 1.70. The fourth-order valence-electron chi connectivity index (χ4n) is 2.75. The monoisotopic (exact) mass is 378 g/mol. The molecule has 0 aliphatic heterocycles. The number of aromatic nitrogens is 4. The number of hydrogen-bond donors (Lipinski definition) is 1. The van der Waals surface area contributed by atoms with E-state index in [4.69, 9.17) is 0 Å². The van der Waals surface area contributed by atoms with Gasteiger partial charge in [0.05, 0.1) is 12.1 Å². The first-order valence-corrected chi connectivity index (χ1v) is 8.81. The number of nitrogens with zero attached hydrogens (tertiary/aromatic N) is 5. The Hall–Kier alpha value is -3.55.